The van der Waals surface area contributed by atoms with Crippen LogP contribution in [0.3, 0.4) is 0 Å². The molecule has 0 radical (unpaired) electrons. The number of oxazole rings is 1. The van der Waals surface area contributed by atoms with Crippen LogP contribution in [0.25, 0.3) is 22.8 Å². The second-order valence-electron chi connectivity index (χ2n) is 10.4. The van der Waals surface area contributed by atoms with E-state index < -0.39 is 17.0 Å². The standard InChI is InChI=1S/C27H25F2N5O/c1-14(2)21-13-35-25(32-21)20-11-30-12-22(31-20)27-9-8-16(26(27,3)4)15-10-19(33-34-24(15)27)23-17(28)6-5-7-18(23)29/h5-7,10-14,16H,8-9H2,1-4H3/t16-,27-/m0/s1. The van der Waals surface area contributed by atoms with E-state index in [4.69, 9.17) is 9.40 Å². The molecular formula is C27H25F2N5O. The van der Waals surface area contributed by atoms with Crippen molar-refractivity contribution in [2.24, 2.45) is 5.41 Å². The third-order valence-corrected chi connectivity index (χ3v) is 8.01. The maximum absolute atomic E-state index is 14.5. The van der Waals surface area contributed by atoms with Gasteiger partial charge in [-0.2, -0.15) is 5.10 Å². The molecule has 2 aliphatic rings. The fourth-order valence-electron chi connectivity index (χ4n) is 6.10. The summed E-state index contributed by atoms with van der Waals surface area (Å²) in [4.78, 5) is 14.0. The number of rotatable bonds is 4. The van der Waals surface area contributed by atoms with Gasteiger partial charge in [-0.3, -0.25) is 4.98 Å². The van der Waals surface area contributed by atoms with Gasteiger partial charge in [0, 0.05) is 6.20 Å². The molecule has 0 saturated heterocycles. The maximum atomic E-state index is 14.5. The largest absolute Gasteiger partial charge is 0.443 e. The highest BCUT2D eigenvalue weighted by atomic mass is 19.1. The summed E-state index contributed by atoms with van der Waals surface area (Å²) in [6.45, 7) is 8.51. The highest BCUT2D eigenvalue weighted by molar-refractivity contribution is 5.64. The highest BCUT2D eigenvalue weighted by Gasteiger charge is 2.65. The van der Waals surface area contributed by atoms with Crippen molar-refractivity contribution in [3.63, 3.8) is 0 Å². The zero-order chi connectivity index (χ0) is 24.5. The minimum Gasteiger partial charge on any atom is -0.443 e. The van der Waals surface area contributed by atoms with E-state index in [-0.39, 0.29) is 28.5 Å². The van der Waals surface area contributed by atoms with E-state index in [1.54, 1.807) is 24.7 Å². The first-order chi connectivity index (χ1) is 16.7. The first-order valence-electron chi connectivity index (χ1n) is 11.8. The van der Waals surface area contributed by atoms with E-state index in [1.807, 2.05) is 0 Å². The molecule has 2 aliphatic carbocycles. The zero-order valence-electron chi connectivity index (χ0n) is 20.0. The second kappa shape index (κ2) is 7.47. The van der Waals surface area contributed by atoms with E-state index in [0.717, 1.165) is 35.5 Å². The van der Waals surface area contributed by atoms with Gasteiger partial charge in [0.2, 0.25) is 5.89 Å². The van der Waals surface area contributed by atoms with Crippen molar-refractivity contribution >= 4 is 0 Å². The lowest BCUT2D eigenvalue weighted by Crippen LogP contribution is -2.38. The number of fused-ring (bicyclic) bond motifs is 5. The van der Waals surface area contributed by atoms with Crippen molar-refractivity contribution in [3.05, 3.63) is 77.2 Å². The molecule has 178 valence electrons. The fourth-order valence-corrected chi connectivity index (χ4v) is 6.10. The molecule has 0 unspecified atom stereocenters. The van der Waals surface area contributed by atoms with Crippen molar-refractivity contribution in [2.75, 3.05) is 0 Å². The van der Waals surface area contributed by atoms with Gasteiger partial charge in [0.1, 0.15) is 23.6 Å². The summed E-state index contributed by atoms with van der Waals surface area (Å²) < 4.78 is 34.7. The smallest absolute Gasteiger partial charge is 0.246 e. The van der Waals surface area contributed by atoms with E-state index >= 15 is 0 Å². The summed E-state index contributed by atoms with van der Waals surface area (Å²) in [6, 6.07) is 5.62. The van der Waals surface area contributed by atoms with Gasteiger partial charge >= 0.3 is 0 Å². The third-order valence-electron chi connectivity index (χ3n) is 8.01. The Morgan fingerprint density at radius 3 is 2.51 bits per heavy atom. The topological polar surface area (TPSA) is 77.6 Å². The quantitative estimate of drug-likeness (QED) is 0.352. The van der Waals surface area contributed by atoms with Crippen molar-refractivity contribution in [3.8, 4) is 22.8 Å². The van der Waals surface area contributed by atoms with Crippen molar-refractivity contribution in [2.45, 2.75) is 57.8 Å². The van der Waals surface area contributed by atoms with Gasteiger partial charge in [0.05, 0.1) is 40.0 Å². The van der Waals surface area contributed by atoms with Crippen LogP contribution in [0.1, 0.15) is 75.0 Å². The lowest BCUT2D eigenvalue weighted by Gasteiger charge is -2.37. The van der Waals surface area contributed by atoms with Crippen LogP contribution < -0.4 is 0 Å². The molecule has 8 heteroatoms. The first kappa shape index (κ1) is 21.9. The summed E-state index contributed by atoms with van der Waals surface area (Å²) in [5, 5.41) is 8.88. The Hall–Kier alpha value is -3.55. The van der Waals surface area contributed by atoms with E-state index in [9.17, 15) is 8.78 Å². The molecule has 0 amide bonds. The highest BCUT2D eigenvalue weighted by Crippen LogP contribution is 2.69. The zero-order valence-corrected chi connectivity index (χ0v) is 20.0. The molecule has 0 spiro atoms. The molecule has 2 atom stereocenters. The predicted molar refractivity (Wildman–Crippen MR) is 126 cm³/mol. The number of hydrogen-bond acceptors (Lipinski definition) is 6. The predicted octanol–water partition coefficient (Wildman–Crippen LogP) is 6.19. The molecule has 1 aromatic carbocycles. The molecule has 4 aromatic rings. The minimum atomic E-state index is -0.651. The fraction of sp³-hybridized carbons (Fsp3) is 0.370. The van der Waals surface area contributed by atoms with Gasteiger partial charge in [-0.25, -0.2) is 18.7 Å². The van der Waals surface area contributed by atoms with Gasteiger partial charge in [-0.1, -0.05) is 33.8 Å². The first-order valence-corrected chi connectivity index (χ1v) is 11.8. The molecule has 6 rings (SSSR count). The lowest BCUT2D eigenvalue weighted by atomic mass is 9.66. The average Bonchev–Trinajstić information content (AvgIpc) is 3.48. The summed E-state index contributed by atoms with van der Waals surface area (Å²) >= 11 is 0. The van der Waals surface area contributed by atoms with Gasteiger partial charge in [-0.05, 0) is 53.9 Å². The van der Waals surface area contributed by atoms with Gasteiger partial charge in [0.25, 0.3) is 0 Å². The molecule has 3 aromatic heterocycles. The van der Waals surface area contributed by atoms with Crippen molar-refractivity contribution in [1.29, 1.82) is 0 Å². The maximum Gasteiger partial charge on any atom is 0.246 e. The van der Waals surface area contributed by atoms with Crippen LogP contribution in [0.15, 0.2) is 47.3 Å². The van der Waals surface area contributed by atoms with E-state index in [0.29, 0.717) is 11.6 Å². The number of aromatic nitrogens is 5. The molecule has 3 heterocycles. The van der Waals surface area contributed by atoms with Gasteiger partial charge in [-0.15, -0.1) is 5.10 Å². The van der Waals surface area contributed by atoms with Crippen LogP contribution in [-0.4, -0.2) is 25.1 Å². The van der Waals surface area contributed by atoms with Crippen LogP contribution in [0.2, 0.25) is 0 Å². The molecule has 1 fully saturated rings. The number of benzene rings is 1. The summed E-state index contributed by atoms with van der Waals surface area (Å²) in [7, 11) is 0. The summed E-state index contributed by atoms with van der Waals surface area (Å²) in [5.74, 6) is -0.478. The Kier molecular flexibility index (Phi) is 4.69. The molecular weight excluding hydrogens is 448 g/mol. The molecule has 0 aliphatic heterocycles. The molecule has 2 bridgehead atoms. The number of halogens is 2. The Morgan fingerprint density at radius 1 is 1.03 bits per heavy atom. The van der Waals surface area contributed by atoms with Gasteiger partial charge in [0.15, 0.2) is 0 Å². The number of nitrogens with zero attached hydrogens (tertiary/aromatic N) is 5. The Balaban J connectivity index is 1.49. The molecule has 1 saturated carbocycles. The molecule has 0 N–H and O–H groups in total. The molecule has 35 heavy (non-hydrogen) atoms. The molecule has 6 nitrogen and oxygen atoms in total. The van der Waals surface area contributed by atoms with Gasteiger partial charge < -0.3 is 4.42 Å². The lowest BCUT2D eigenvalue weighted by molar-refractivity contribution is 0.242. The van der Waals surface area contributed by atoms with Crippen LogP contribution >= 0.6 is 0 Å². The van der Waals surface area contributed by atoms with E-state index in [2.05, 4.69) is 47.9 Å². The van der Waals surface area contributed by atoms with Crippen LogP contribution in [-0.2, 0) is 5.41 Å². The minimum absolute atomic E-state index is 0.149. The monoisotopic (exact) mass is 473 g/mol. The number of hydrogen-bond donors (Lipinski definition) is 0. The van der Waals surface area contributed by atoms with Crippen molar-refractivity contribution < 1.29 is 13.2 Å². The average molecular weight is 474 g/mol. The van der Waals surface area contributed by atoms with Crippen LogP contribution in [0.5, 0.6) is 0 Å². The van der Waals surface area contributed by atoms with Crippen LogP contribution in [0.4, 0.5) is 8.78 Å². The van der Waals surface area contributed by atoms with E-state index in [1.165, 1.54) is 18.2 Å². The summed E-state index contributed by atoms with van der Waals surface area (Å²) in [6.07, 6.45) is 6.83. The Bertz CT molecular complexity index is 1440. The second-order valence-corrected chi connectivity index (χ2v) is 10.4. The van der Waals surface area contributed by atoms with Crippen molar-refractivity contribution in [1.82, 2.24) is 25.1 Å². The summed E-state index contributed by atoms with van der Waals surface area (Å²) in [5.41, 5.74) is 3.27. The Labute approximate surface area is 201 Å². The Morgan fingerprint density at radius 2 is 1.80 bits per heavy atom. The normalized spacial score (nSPS) is 22.1. The third kappa shape index (κ3) is 2.95. The SMILES string of the molecule is CC(C)c1coc(-c2cncc([C@@]34CC[C@@H](c5cc(-c6c(F)cccc6F)nnc53)C4(C)C)n2)n1. The van der Waals surface area contributed by atoms with Crippen LogP contribution in [0, 0.1) is 17.0 Å².